The second-order valence-electron chi connectivity index (χ2n) is 11.8. The second-order valence-corrected chi connectivity index (χ2v) is 14.1. The molecule has 3 fully saturated rings. The van der Waals surface area contributed by atoms with Gasteiger partial charge in [0.15, 0.2) is 9.84 Å². The minimum Gasteiger partial charge on any atom is -0.369 e. The van der Waals surface area contributed by atoms with Crippen molar-refractivity contribution < 1.29 is 26.4 Å². The average Bonchev–Trinajstić information content (AvgIpc) is 3.63. The molecule has 2 heterocycles. The fraction of sp³-hybridized carbons (Fsp3) is 0.452. The number of hydrogen-bond acceptors (Lipinski definition) is 6. The molecule has 0 radical (unpaired) electrons. The highest BCUT2D eigenvalue weighted by Gasteiger charge is 2.47. The molecule has 8 nitrogen and oxygen atoms in total. The SMILES string of the molecule is N#CC1(NC(=O)C2CCCCC2c2nn(-c3ccccc3C(F)(F)F)cc2-c2ccc(N3CCS(=O)(=O)CC3)cc2)CC1. The van der Waals surface area contributed by atoms with E-state index in [-0.39, 0.29) is 29.0 Å². The van der Waals surface area contributed by atoms with E-state index in [1.807, 2.05) is 29.2 Å². The molecule has 2 unspecified atom stereocenters. The zero-order chi connectivity index (χ0) is 30.4. The monoisotopic (exact) mass is 611 g/mol. The topological polar surface area (TPSA) is 108 Å². The number of amides is 1. The standard InChI is InChI=1S/C31H32F3N5O3S/c32-31(33,34)26-7-3-4-8-27(26)39-19-25(21-9-11-22(12-10-21)38-15-17-43(41,42)18-16-38)28(37-39)23-5-1-2-6-24(23)29(40)36-30(20-35)13-14-30/h3-4,7-12,19,23-24H,1-2,5-6,13-18H2,(H,36,40). The van der Waals surface area contributed by atoms with Gasteiger partial charge in [0, 0.05) is 42.4 Å². The van der Waals surface area contributed by atoms with E-state index in [1.54, 1.807) is 6.20 Å². The number of anilines is 1. The first-order valence-electron chi connectivity index (χ1n) is 14.5. The van der Waals surface area contributed by atoms with Crippen molar-refractivity contribution in [3.63, 3.8) is 0 Å². The molecule has 2 aliphatic carbocycles. The Bertz CT molecular complexity index is 1660. The molecule has 1 aliphatic heterocycles. The predicted octanol–water partition coefficient (Wildman–Crippen LogP) is 5.24. The summed E-state index contributed by atoms with van der Waals surface area (Å²) in [7, 11) is -3.04. The van der Waals surface area contributed by atoms with E-state index in [0.717, 1.165) is 30.2 Å². The van der Waals surface area contributed by atoms with Crippen LogP contribution in [-0.2, 0) is 20.8 Å². The van der Waals surface area contributed by atoms with Crippen molar-refractivity contribution in [2.75, 3.05) is 29.5 Å². The minimum absolute atomic E-state index is 0.0858. The number of benzene rings is 2. The van der Waals surface area contributed by atoms with Gasteiger partial charge in [0.1, 0.15) is 5.54 Å². The highest BCUT2D eigenvalue weighted by molar-refractivity contribution is 7.91. The second kappa shape index (κ2) is 11.0. The molecule has 1 amide bonds. The molecule has 6 rings (SSSR count). The van der Waals surface area contributed by atoms with Gasteiger partial charge in [0.2, 0.25) is 5.91 Å². The summed E-state index contributed by atoms with van der Waals surface area (Å²) in [6, 6.07) is 15.0. The lowest BCUT2D eigenvalue weighted by Crippen LogP contribution is -2.42. The molecular formula is C31H32F3N5O3S. The van der Waals surface area contributed by atoms with E-state index in [9.17, 15) is 31.6 Å². The van der Waals surface area contributed by atoms with Gasteiger partial charge < -0.3 is 10.2 Å². The van der Waals surface area contributed by atoms with Gasteiger partial charge in [-0.05, 0) is 55.5 Å². The Hall–Kier alpha value is -3.85. The fourth-order valence-corrected chi connectivity index (χ4v) is 7.43. The number of nitrogens with zero attached hydrogens (tertiary/aromatic N) is 4. The van der Waals surface area contributed by atoms with Crippen molar-refractivity contribution in [3.05, 3.63) is 66.0 Å². The van der Waals surface area contributed by atoms with E-state index in [0.29, 0.717) is 50.0 Å². The summed E-state index contributed by atoms with van der Waals surface area (Å²) in [5.74, 6) is -0.848. The van der Waals surface area contributed by atoms with E-state index < -0.39 is 33.0 Å². The largest absolute Gasteiger partial charge is 0.418 e. The van der Waals surface area contributed by atoms with Crippen LogP contribution in [0.5, 0.6) is 0 Å². The first-order valence-corrected chi connectivity index (χ1v) is 16.4. The Kier molecular flexibility index (Phi) is 7.49. The van der Waals surface area contributed by atoms with Crippen LogP contribution in [0.15, 0.2) is 54.7 Å². The smallest absolute Gasteiger partial charge is 0.369 e. The molecule has 1 saturated heterocycles. The Morgan fingerprint density at radius 1 is 1.02 bits per heavy atom. The van der Waals surface area contributed by atoms with Crippen LogP contribution in [0.3, 0.4) is 0 Å². The zero-order valence-corrected chi connectivity index (χ0v) is 24.3. The Labute approximate surface area is 248 Å². The fourth-order valence-electron chi connectivity index (χ4n) is 6.23. The third-order valence-electron chi connectivity index (χ3n) is 8.87. The molecular weight excluding hydrogens is 579 g/mol. The van der Waals surface area contributed by atoms with Crippen molar-refractivity contribution in [3.8, 4) is 22.9 Å². The Morgan fingerprint density at radius 2 is 1.70 bits per heavy atom. The summed E-state index contributed by atoms with van der Waals surface area (Å²) >= 11 is 0. The van der Waals surface area contributed by atoms with Crippen molar-refractivity contribution in [1.29, 1.82) is 5.26 Å². The molecule has 3 aliphatic rings. The highest BCUT2D eigenvalue weighted by atomic mass is 32.2. The molecule has 0 bridgehead atoms. The van der Waals surface area contributed by atoms with E-state index in [1.165, 1.54) is 22.9 Å². The Morgan fingerprint density at radius 3 is 2.35 bits per heavy atom. The van der Waals surface area contributed by atoms with Gasteiger partial charge in [-0.3, -0.25) is 4.79 Å². The van der Waals surface area contributed by atoms with Gasteiger partial charge in [-0.2, -0.15) is 23.5 Å². The quantitative estimate of drug-likeness (QED) is 0.409. The number of carbonyl (C=O) groups excluding carboxylic acids is 1. The molecule has 2 atom stereocenters. The number of rotatable bonds is 6. The van der Waals surface area contributed by atoms with E-state index >= 15 is 0 Å². The van der Waals surface area contributed by atoms with Gasteiger partial charge >= 0.3 is 6.18 Å². The molecule has 1 aromatic heterocycles. The maximum Gasteiger partial charge on any atom is 0.418 e. The lowest BCUT2D eigenvalue weighted by atomic mass is 9.75. The predicted molar refractivity (Wildman–Crippen MR) is 155 cm³/mol. The summed E-state index contributed by atoms with van der Waals surface area (Å²) in [5, 5.41) is 17.2. The van der Waals surface area contributed by atoms with Gasteiger partial charge in [-0.15, -0.1) is 0 Å². The van der Waals surface area contributed by atoms with Crippen LogP contribution in [0.1, 0.15) is 55.7 Å². The van der Waals surface area contributed by atoms with Crippen molar-refractivity contribution in [2.45, 2.75) is 56.2 Å². The summed E-state index contributed by atoms with van der Waals surface area (Å²) < 4.78 is 67.0. The summed E-state index contributed by atoms with van der Waals surface area (Å²) in [4.78, 5) is 15.5. The number of carbonyl (C=O) groups is 1. The highest BCUT2D eigenvalue weighted by Crippen LogP contribution is 2.44. The molecule has 1 N–H and O–H groups in total. The number of sulfone groups is 1. The number of halogens is 3. The zero-order valence-electron chi connectivity index (χ0n) is 23.5. The number of nitrogens with one attached hydrogen (secondary N) is 1. The Balaban J connectivity index is 1.40. The van der Waals surface area contributed by atoms with Crippen LogP contribution in [-0.4, -0.2) is 54.2 Å². The van der Waals surface area contributed by atoms with Crippen molar-refractivity contribution >= 4 is 21.4 Å². The van der Waals surface area contributed by atoms with Crippen molar-refractivity contribution in [2.24, 2.45) is 5.92 Å². The van der Waals surface area contributed by atoms with Gasteiger partial charge in [0.05, 0.1) is 34.5 Å². The van der Waals surface area contributed by atoms with E-state index in [2.05, 4.69) is 11.4 Å². The molecule has 2 aromatic carbocycles. The molecule has 226 valence electrons. The third-order valence-corrected chi connectivity index (χ3v) is 10.5. The molecule has 12 heteroatoms. The maximum absolute atomic E-state index is 14.0. The molecule has 2 saturated carbocycles. The molecule has 0 spiro atoms. The maximum atomic E-state index is 14.0. The number of para-hydroxylation sites is 1. The van der Waals surface area contributed by atoms with Crippen LogP contribution in [0, 0.1) is 17.2 Å². The van der Waals surface area contributed by atoms with Gasteiger partial charge in [0.25, 0.3) is 0 Å². The lowest BCUT2D eigenvalue weighted by Gasteiger charge is -2.31. The lowest BCUT2D eigenvalue weighted by molar-refractivity contribution is -0.137. The van der Waals surface area contributed by atoms with Gasteiger partial charge in [-0.25, -0.2) is 13.1 Å². The number of alkyl halides is 3. The van der Waals surface area contributed by atoms with E-state index in [4.69, 9.17) is 5.10 Å². The average molecular weight is 612 g/mol. The van der Waals surface area contributed by atoms with Crippen LogP contribution in [0.2, 0.25) is 0 Å². The van der Waals surface area contributed by atoms with Crippen LogP contribution in [0.4, 0.5) is 18.9 Å². The first-order chi connectivity index (χ1) is 20.5. The third kappa shape index (κ3) is 6.00. The van der Waals surface area contributed by atoms with Crippen LogP contribution >= 0.6 is 0 Å². The summed E-state index contributed by atoms with van der Waals surface area (Å²) in [5.41, 5.74) is 1.04. The number of aromatic nitrogens is 2. The van der Waals surface area contributed by atoms with Crippen molar-refractivity contribution in [1.82, 2.24) is 15.1 Å². The normalized spacial score (nSPS) is 22.9. The number of hydrogen-bond donors (Lipinski definition) is 1. The summed E-state index contributed by atoms with van der Waals surface area (Å²) in [6.07, 6.45) is 1.15. The minimum atomic E-state index is -4.59. The number of nitriles is 1. The molecule has 3 aromatic rings. The van der Waals surface area contributed by atoms with Gasteiger partial charge in [-0.1, -0.05) is 37.1 Å². The van der Waals surface area contributed by atoms with Crippen LogP contribution < -0.4 is 10.2 Å². The van der Waals surface area contributed by atoms with Crippen LogP contribution in [0.25, 0.3) is 16.8 Å². The summed E-state index contributed by atoms with van der Waals surface area (Å²) in [6.45, 7) is 0.782. The molecule has 43 heavy (non-hydrogen) atoms. The first kappa shape index (κ1) is 29.2.